The van der Waals surface area contributed by atoms with Gasteiger partial charge >= 0.3 is 0 Å². The molecule has 1 aliphatic heterocycles. The zero-order valence-electron chi connectivity index (χ0n) is 13.8. The minimum atomic E-state index is -3.47. The quantitative estimate of drug-likeness (QED) is 0.866. The molecule has 1 N–H and O–H groups in total. The number of nitrogens with zero attached hydrogens (tertiary/aromatic N) is 1. The van der Waals surface area contributed by atoms with Crippen LogP contribution in [0, 0.1) is 0 Å². The Hall–Kier alpha value is -1.74. The molecule has 25 heavy (non-hydrogen) atoms. The average molecular weight is 380 g/mol. The second-order valence-corrected chi connectivity index (χ2v) is 9.93. The first kappa shape index (κ1) is 18.1. The molecular formula is C17H20N2O4S2. The van der Waals surface area contributed by atoms with Crippen molar-refractivity contribution in [1.82, 2.24) is 9.62 Å². The number of rotatable bonds is 4. The summed E-state index contributed by atoms with van der Waals surface area (Å²) in [5.41, 5.74) is 1.66. The van der Waals surface area contributed by atoms with Crippen LogP contribution in [0.2, 0.25) is 0 Å². The average Bonchev–Trinajstić information content (AvgIpc) is 2.62. The molecule has 0 amide bonds. The first-order valence-corrected chi connectivity index (χ1v) is 11.2. The molecule has 134 valence electrons. The van der Waals surface area contributed by atoms with Crippen LogP contribution in [-0.2, 0) is 19.9 Å². The Morgan fingerprint density at radius 3 is 1.64 bits per heavy atom. The molecule has 0 unspecified atom stereocenters. The van der Waals surface area contributed by atoms with Crippen LogP contribution in [0.3, 0.4) is 0 Å². The zero-order valence-corrected chi connectivity index (χ0v) is 15.5. The molecule has 0 radical (unpaired) electrons. The van der Waals surface area contributed by atoms with Crippen LogP contribution in [0.5, 0.6) is 0 Å². The Labute approximate surface area is 148 Å². The highest BCUT2D eigenvalue weighted by Gasteiger charge is 2.25. The molecule has 0 aromatic heterocycles. The summed E-state index contributed by atoms with van der Waals surface area (Å²) in [6.45, 7) is 2.25. The van der Waals surface area contributed by atoms with Gasteiger partial charge in [-0.3, -0.25) is 0 Å². The number of hydrogen-bond donors (Lipinski definition) is 1. The third-order valence-electron chi connectivity index (χ3n) is 4.18. The number of sulfonamides is 1. The molecule has 0 atom stereocenters. The fourth-order valence-corrected chi connectivity index (χ4v) is 4.82. The van der Waals surface area contributed by atoms with E-state index >= 15 is 0 Å². The van der Waals surface area contributed by atoms with Gasteiger partial charge in [0, 0.05) is 32.4 Å². The number of nitrogens with one attached hydrogen (secondary N) is 1. The largest absolute Gasteiger partial charge is 0.314 e. The molecule has 2 aromatic carbocycles. The molecule has 0 spiro atoms. The van der Waals surface area contributed by atoms with Crippen molar-refractivity contribution < 1.29 is 16.8 Å². The first-order chi connectivity index (χ1) is 11.8. The van der Waals surface area contributed by atoms with Gasteiger partial charge in [0.1, 0.15) is 0 Å². The molecule has 1 heterocycles. The Morgan fingerprint density at radius 1 is 0.760 bits per heavy atom. The summed E-state index contributed by atoms with van der Waals surface area (Å²) in [7, 11) is -6.70. The maximum absolute atomic E-state index is 12.6. The van der Waals surface area contributed by atoms with E-state index in [-0.39, 0.29) is 9.79 Å². The van der Waals surface area contributed by atoms with Crippen molar-refractivity contribution in [3.8, 4) is 11.1 Å². The highest BCUT2D eigenvalue weighted by atomic mass is 32.2. The fraction of sp³-hybridized carbons (Fsp3) is 0.294. The van der Waals surface area contributed by atoms with E-state index in [1.165, 1.54) is 4.31 Å². The summed E-state index contributed by atoms with van der Waals surface area (Å²) in [6.07, 6.45) is 1.16. The molecule has 1 aliphatic rings. The Bertz CT molecular complexity index is 945. The molecule has 1 fully saturated rings. The predicted octanol–water partition coefficient (Wildman–Crippen LogP) is 1.35. The molecule has 0 saturated carbocycles. The Kier molecular flexibility index (Phi) is 4.97. The van der Waals surface area contributed by atoms with Gasteiger partial charge in [0.2, 0.25) is 10.0 Å². The van der Waals surface area contributed by atoms with E-state index in [9.17, 15) is 16.8 Å². The summed E-state index contributed by atoms with van der Waals surface area (Å²) in [5, 5.41) is 3.14. The Balaban J connectivity index is 1.85. The van der Waals surface area contributed by atoms with E-state index in [1.54, 1.807) is 48.5 Å². The molecule has 2 aromatic rings. The summed E-state index contributed by atoms with van der Waals surface area (Å²) < 4.78 is 49.7. The van der Waals surface area contributed by atoms with Crippen LogP contribution in [0.15, 0.2) is 58.3 Å². The van der Waals surface area contributed by atoms with Crippen LogP contribution in [0.1, 0.15) is 0 Å². The predicted molar refractivity (Wildman–Crippen MR) is 96.6 cm³/mol. The monoisotopic (exact) mass is 380 g/mol. The van der Waals surface area contributed by atoms with Crippen molar-refractivity contribution in [3.05, 3.63) is 48.5 Å². The zero-order chi connectivity index (χ0) is 18.1. The molecule has 0 bridgehead atoms. The maximum Gasteiger partial charge on any atom is 0.243 e. The van der Waals surface area contributed by atoms with Crippen LogP contribution < -0.4 is 5.32 Å². The van der Waals surface area contributed by atoms with Gasteiger partial charge in [0.05, 0.1) is 9.79 Å². The van der Waals surface area contributed by atoms with Crippen molar-refractivity contribution in [1.29, 1.82) is 0 Å². The number of benzene rings is 2. The van der Waals surface area contributed by atoms with Crippen molar-refractivity contribution >= 4 is 19.9 Å². The second-order valence-electron chi connectivity index (χ2n) is 5.98. The van der Waals surface area contributed by atoms with Gasteiger partial charge in [0.25, 0.3) is 0 Å². The van der Waals surface area contributed by atoms with E-state index in [2.05, 4.69) is 5.32 Å². The molecule has 8 heteroatoms. The van der Waals surface area contributed by atoms with E-state index in [0.717, 1.165) is 17.4 Å². The number of hydrogen-bond acceptors (Lipinski definition) is 5. The lowest BCUT2D eigenvalue weighted by Gasteiger charge is -2.26. The van der Waals surface area contributed by atoms with E-state index in [1.807, 2.05) is 0 Å². The van der Waals surface area contributed by atoms with Crippen molar-refractivity contribution in [2.24, 2.45) is 0 Å². The van der Waals surface area contributed by atoms with Gasteiger partial charge in [-0.1, -0.05) is 24.3 Å². The van der Waals surface area contributed by atoms with Crippen LogP contribution in [-0.4, -0.2) is 53.6 Å². The lowest BCUT2D eigenvalue weighted by atomic mass is 10.1. The normalized spacial score (nSPS) is 16.7. The van der Waals surface area contributed by atoms with Crippen LogP contribution in [0.25, 0.3) is 11.1 Å². The standard InChI is InChI=1S/C17H20N2O4S2/c1-24(20,21)16-6-2-14(3-7-16)15-4-8-17(9-5-15)25(22,23)19-12-10-18-11-13-19/h2-9,18H,10-13H2,1H3. The maximum atomic E-state index is 12.6. The van der Waals surface area contributed by atoms with Gasteiger partial charge in [-0.2, -0.15) is 4.31 Å². The third kappa shape index (κ3) is 3.92. The SMILES string of the molecule is CS(=O)(=O)c1ccc(-c2ccc(S(=O)(=O)N3CCNCC3)cc2)cc1. The van der Waals surface area contributed by atoms with Gasteiger partial charge in [0.15, 0.2) is 9.84 Å². The molecule has 1 saturated heterocycles. The number of sulfone groups is 1. The topological polar surface area (TPSA) is 83.5 Å². The van der Waals surface area contributed by atoms with Gasteiger partial charge in [-0.15, -0.1) is 0 Å². The van der Waals surface area contributed by atoms with Crippen molar-refractivity contribution in [2.75, 3.05) is 32.4 Å². The minimum absolute atomic E-state index is 0.258. The Morgan fingerprint density at radius 2 is 1.20 bits per heavy atom. The van der Waals surface area contributed by atoms with Gasteiger partial charge < -0.3 is 5.32 Å². The van der Waals surface area contributed by atoms with Crippen molar-refractivity contribution in [2.45, 2.75) is 9.79 Å². The minimum Gasteiger partial charge on any atom is -0.314 e. The molecule has 0 aliphatic carbocycles. The summed E-state index contributed by atoms with van der Waals surface area (Å²) in [5.74, 6) is 0. The van der Waals surface area contributed by atoms with E-state index in [4.69, 9.17) is 0 Å². The summed E-state index contributed by atoms with van der Waals surface area (Å²) >= 11 is 0. The smallest absolute Gasteiger partial charge is 0.243 e. The molecule has 6 nitrogen and oxygen atoms in total. The van der Waals surface area contributed by atoms with E-state index in [0.29, 0.717) is 26.2 Å². The summed E-state index contributed by atoms with van der Waals surface area (Å²) in [6, 6.07) is 13.2. The van der Waals surface area contributed by atoms with E-state index < -0.39 is 19.9 Å². The molecule has 3 rings (SSSR count). The molecular weight excluding hydrogens is 360 g/mol. The lowest BCUT2D eigenvalue weighted by molar-refractivity contribution is 0.360. The lowest BCUT2D eigenvalue weighted by Crippen LogP contribution is -2.46. The van der Waals surface area contributed by atoms with Gasteiger partial charge in [-0.25, -0.2) is 16.8 Å². The van der Waals surface area contributed by atoms with Gasteiger partial charge in [-0.05, 0) is 35.4 Å². The highest BCUT2D eigenvalue weighted by molar-refractivity contribution is 7.90. The second kappa shape index (κ2) is 6.87. The number of piperazine rings is 1. The first-order valence-electron chi connectivity index (χ1n) is 7.90. The summed E-state index contributed by atoms with van der Waals surface area (Å²) in [4.78, 5) is 0.528. The third-order valence-corrected chi connectivity index (χ3v) is 7.23. The van der Waals surface area contributed by atoms with Crippen molar-refractivity contribution in [3.63, 3.8) is 0 Å². The highest BCUT2D eigenvalue weighted by Crippen LogP contribution is 2.24. The fourth-order valence-electron chi connectivity index (χ4n) is 2.75. The van der Waals surface area contributed by atoms with Crippen LogP contribution >= 0.6 is 0 Å². The van der Waals surface area contributed by atoms with Crippen LogP contribution in [0.4, 0.5) is 0 Å².